The SMILES string of the molecule is CCc1ccc(C(=O)O)cc1.Cc1ccc(C(=O)O)cc1.Cc1ccc(CC(=O)O)cc1. The molecule has 0 unspecified atom stereocenters. The number of rotatable bonds is 5. The number of aryl methyl sites for hydroxylation is 3. The first-order valence-corrected chi connectivity index (χ1v) is 10.0. The van der Waals surface area contributed by atoms with E-state index in [0.717, 1.165) is 28.7 Å². The number of carboxylic acid groups (broad SMARTS) is 3. The summed E-state index contributed by atoms with van der Waals surface area (Å²) < 4.78 is 0. The highest BCUT2D eigenvalue weighted by Gasteiger charge is 2.00. The maximum absolute atomic E-state index is 10.4. The molecule has 0 aromatic heterocycles. The summed E-state index contributed by atoms with van der Waals surface area (Å²) in [5, 5.41) is 25.5. The smallest absolute Gasteiger partial charge is 0.335 e. The molecule has 0 aliphatic heterocycles. The van der Waals surface area contributed by atoms with Gasteiger partial charge in [0.1, 0.15) is 0 Å². The van der Waals surface area contributed by atoms with E-state index < -0.39 is 17.9 Å². The third-order valence-corrected chi connectivity index (χ3v) is 4.38. The number of aliphatic carboxylic acids is 1. The highest BCUT2D eigenvalue weighted by atomic mass is 16.4. The van der Waals surface area contributed by atoms with Crippen molar-refractivity contribution in [2.24, 2.45) is 0 Å². The van der Waals surface area contributed by atoms with Crippen LogP contribution in [0.25, 0.3) is 0 Å². The average molecular weight is 437 g/mol. The van der Waals surface area contributed by atoms with Gasteiger partial charge >= 0.3 is 17.9 Å². The van der Waals surface area contributed by atoms with Gasteiger partial charge in [0, 0.05) is 0 Å². The Morgan fingerprint density at radius 2 is 0.938 bits per heavy atom. The quantitative estimate of drug-likeness (QED) is 0.503. The fourth-order valence-electron chi connectivity index (χ4n) is 2.46. The van der Waals surface area contributed by atoms with E-state index in [-0.39, 0.29) is 6.42 Å². The maximum atomic E-state index is 10.4. The van der Waals surface area contributed by atoms with Crippen molar-refractivity contribution in [3.63, 3.8) is 0 Å². The van der Waals surface area contributed by atoms with Crippen LogP contribution in [0.5, 0.6) is 0 Å². The lowest BCUT2D eigenvalue weighted by Crippen LogP contribution is -1.99. The maximum Gasteiger partial charge on any atom is 0.335 e. The van der Waals surface area contributed by atoms with Crippen molar-refractivity contribution in [2.45, 2.75) is 33.6 Å². The number of hydrogen-bond donors (Lipinski definition) is 3. The van der Waals surface area contributed by atoms with Gasteiger partial charge in [-0.2, -0.15) is 0 Å². The van der Waals surface area contributed by atoms with Gasteiger partial charge in [0.25, 0.3) is 0 Å². The normalized spacial score (nSPS) is 9.47. The zero-order chi connectivity index (χ0) is 24.1. The first-order valence-electron chi connectivity index (χ1n) is 10.0. The van der Waals surface area contributed by atoms with Crippen molar-refractivity contribution < 1.29 is 29.7 Å². The number of aromatic carboxylic acids is 2. The largest absolute Gasteiger partial charge is 0.481 e. The fraction of sp³-hybridized carbons (Fsp3) is 0.192. The Kier molecular flexibility index (Phi) is 10.9. The minimum Gasteiger partial charge on any atom is -0.481 e. The molecule has 0 radical (unpaired) electrons. The Morgan fingerprint density at radius 3 is 1.28 bits per heavy atom. The molecule has 32 heavy (non-hydrogen) atoms. The average Bonchev–Trinajstić information content (AvgIpc) is 2.76. The standard InChI is InChI=1S/2C9H10O2.C8H8O2/c1-7-2-4-8(5-3-7)6-9(10)11;1-2-7-3-5-8(6-4-7)9(10)11;1-6-2-4-7(5-3-6)8(9)10/h2-5H,6H2,1H3,(H,10,11);3-6H,2H2,1H3,(H,10,11);2-5H,1H3,(H,9,10). The van der Waals surface area contributed by atoms with Gasteiger partial charge in [-0.25, -0.2) is 9.59 Å². The van der Waals surface area contributed by atoms with Crippen LogP contribution < -0.4 is 0 Å². The zero-order valence-electron chi connectivity index (χ0n) is 18.4. The molecule has 0 aliphatic carbocycles. The summed E-state index contributed by atoms with van der Waals surface area (Å²) in [6, 6.07) is 21.2. The molecule has 0 fully saturated rings. The van der Waals surface area contributed by atoms with Crippen molar-refractivity contribution in [3.8, 4) is 0 Å². The van der Waals surface area contributed by atoms with E-state index in [2.05, 4.69) is 0 Å². The van der Waals surface area contributed by atoms with Crippen molar-refractivity contribution in [2.75, 3.05) is 0 Å². The zero-order valence-corrected chi connectivity index (χ0v) is 18.4. The second-order valence-corrected chi connectivity index (χ2v) is 7.08. The van der Waals surface area contributed by atoms with Crippen LogP contribution in [0.4, 0.5) is 0 Å². The molecule has 0 spiro atoms. The van der Waals surface area contributed by atoms with Crippen molar-refractivity contribution >= 4 is 17.9 Å². The van der Waals surface area contributed by atoms with E-state index in [1.807, 2.05) is 57.2 Å². The van der Waals surface area contributed by atoms with Gasteiger partial charge < -0.3 is 15.3 Å². The van der Waals surface area contributed by atoms with Crippen LogP contribution in [0.2, 0.25) is 0 Å². The molecule has 0 aliphatic rings. The molecular formula is C26H28O6. The summed E-state index contributed by atoms with van der Waals surface area (Å²) in [4.78, 5) is 31.0. The van der Waals surface area contributed by atoms with Gasteiger partial charge in [0.2, 0.25) is 0 Å². The second-order valence-electron chi connectivity index (χ2n) is 7.08. The highest BCUT2D eigenvalue weighted by molar-refractivity contribution is 5.87. The molecule has 0 saturated heterocycles. The minimum absolute atomic E-state index is 0.111. The molecule has 0 heterocycles. The molecule has 6 heteroatoms. The molecule has 0 amide bonds. The topological polar surface area (TPSA) is 112 Å². The summed E-state index contributed by atoms with van der Waals surface area (Å²) in [5.41, 5.74) is 4.93. The Balaban J connectivity index is 0.000000240. The minimum atomic E-state index is -0.875. The van der Waals surface area contributed by atoms with Gasteiger partial charge in [0.15, 0.2) is 0 Å². The summed E-state index contributed by atoms with van der Waals surface area (Å²) in [7, 11) is 0. The van der Waals surface area contributed by atoms with Gasteiger partial charge in [-0.1, -0.05) is 66.6 Å². The predicted octanol–water partition coefficient (Wildman–Crippen LogP) is 5.26. The highest BCUT2D eigenvalue weighted by Crippen LogP contribution is 2.05. The molecule has 6 nitrogen and oxygen atoms in total. The third-order valence-electron chi connectivity index (χ3n) is 4.38. The van der Waals surface area contributed by atoms with Gasteiger partial charge in [-0.3, -0.25) is 4.79 Å². The van der Waals surface area contributed by atoms with Crippen LogP contribution in [0.15, 0.2) is 72.8 Å². The third kappa shape index (κ3) is 10.2. The van der Waals surface area contributed by atoms with Crippen LogP contribution in [-0.2, 0) is 17.6 Å². The lowest BCUT2D eigenvalue weighted by atomic mass is 10.1. The molecule has 168 valence electrons. The Bertz CT molecular complexity index is 1000. The Morgan fingerprint density at radius 1 is 0.594 bits per heavy atom. The number of carbonyl (C=O) groups is 3. The lowest BCUT2D eigenvalue weighted by molar-refractivity contribution is -0.136. The first kappa shape index (κ1) is 26.1. The van der Waals surface area contributed by atoms with Crippen molar-refractivity contribution in [1.82, 2.24) is 0 Å². The van der Waals surface area contributed by atoms with E-state index in [9.17, 15) is 14.4 Å². The summed E-state index contributed by atoms with van der Waals surface area (Å²) >= 11 is 0. The fourth-order valence-corrected chi connectivity index (χ4v) is 2.46. The van der Waals surface area contributed by atoms with Crippen LogP contribution in [0.1, 0.15) is 49.9 Å². The van der Waals surface area contributed by atoms with E-state index in [1.54, 1.807) is 36.4 Å². The summed E-state index contributed by atoms with van der Waals surface area (Å²) in [6.45, 7) is 5.94. The number of carboxylic acids is 3. The second kappa shape index (κ2) is 13.4. The molecular weight excluding hydrogens is 408 g/mol. The summed E-state index contributed by atoms with van der Waals surface area (Å²) in [6.07, 6.45) is 1.06. The molecule has 0 saturated carbocycles. The number of hydrogen-bond acceptors (Lipinski definition) is 3. The van der Waals surface area contributed by atoms with Crippen LogP contribution in [-0.4, -0.2) is 33.2 Å². The van der Waals surface area contributed by atoms with Gasteiger partial charge in [0.05, 0.1) is 17.5 Å². The monoisotopic (exact) mass is 436 g/mol. The van der Waals surface area contributed by atoms with E-state index in [1.165, 1.54) is 0 Å². The van der Waals surface area contributed by atoms with Crippen LogP contribution >= 0.6 is 0 Å². The van der Waals surface area contributed by atoms with Crippen molar-refractivity contribution in [3.05, 3.63) is 106 Å². The predicted molar refractivity (Wildman–Crippen MR) is 123 cm³/mol. The van der Waals surface area contributed by atoms with E-state index in [0.29, 0.717) is 11.1 Å². The number of benzene rings is 3. The van der Waals surface area contributed by atoms with Gasteiger partial charge in [-0.05, 0) is 55.7 Å². The molecule has 3 N–H and O–H groups in total. The van der Waals surface area contributed by atoms with E-state index >= 15 is 0 Å². The van der Waals surface area contributed by atoms with Crippen LogP contribution in [0.3, 0.4) is 0 Å². The molecule has 0 atom stereocenters. The Labute approximate surface area is 187 Å². The van der Waals surface area contributed by atoms with Crippen molar-refractivity contribution in [1.29, 1.82) is 0 Å². The Hall–Kier alpha value is -3.93. The lowest BCUT2D eigenvalue weighted by Gasteiger charge is -1.96. The molecule has 3 aromatic carbocycles. The first-order chi connectivity index (χ1) is 15.1. The van der Waals surface area contributed by atoms with E-state index in [4.69, 9.17) is 15.3 Å². The molecule has 0 bridgehead atoms. The molecule has 3 rings (SSSR count). The molecule has 3 aromatic rings. The van der Waals surface area contributed by atoms with Crippen LogP contribution in [0, 0.1) is 13.8 Å². The summed E-state index contributed by atoms with van der Waals surface area (Å²) in [5.74, 6) is -2.53. The van der Waals surface area contributed by atoms with Gasteiger partial charge in [-0.15, -0.1) is 0 Å².